The molecule has 0 radical (unpaired) electrons. The number of ether oxygens (including phenoxy) is 1. The van der Waals surface area contributed by atoms with E-state index in [4.69, 9.17) is 4.74 Å². The lowest BCUT2D eigenvalue weighted by molar-refractivity contribution is -0.143. The summed E-state index contributed by atoms with van der Waals surface area (Å²) < 4.78 is 84.2. The number of alkyl halides is 6. The first-order valence-corrected chi connectivity index (χ1v) is 11.3. The molecule has 0 aliphatic heterocycles. The van der Waals surface area contributed by atoms with Crippen LogP contribution in [0, 0.1) is 0 Å². The van der Waals surface area contributed by atoms with Crippen LogP contribution in [0.15, 0.2) is 71.7 Å². The third-order valence-corrected chi connectivity index (χ3v) is 5.53. The van der Waals surface area contributed by atoms with E-state index < -0.39 is 36.0 Å². The number of rotatable bonds is 10. The molecule has 11 heteroatoms. The Kier molecular flexibility index (Phi) is 9.14. The van der Waals surface area contributed by atoms with E-state index in [1.807, 2.05) is 0 Å². The van der Waals surface area contributed by atoms with Crippen molar-refractivity contribution in [1.82, 2.24) is 10.3 Å². The molecule has 5 nitrogen and oxygen atoms in total. The van der Waals surface area contributed by atoms with Crippen molar-refractivity contribution in [3.63, 3.8) is 0 Å². The second-order valence-electron chi connectivity index (χ2n) is 8.40. The minimum atomic E-state index is -4.94. The van der Waals surface area contributed by atoms with Crippen molar-refractivity contribution in [2.75, 3.05) is 13.2 Å². The van der Waals surface area contributed by atoms with Gasteiger partial charge in [0, 0.05) is 31.1 Å². The van der Waals surface area contributed by atoms with Crippen molar-refractivity contribution < 1.29 is 35.9 Å². The van der Waals surface area contributed by atoms with Gasteiger partial charge in [-0.1, -0.05) is 30.3 Å². The number of hydrogen-bond acceptors (Lipinski definition) is 3. The first-order valence-electron chi connectivity index (χ1n) is 11.3. The molecule has 37 heavy (non-hydrogen) atoms. The van der Waals surface area contributed by atoms with Crippen LogP contribution in [0.3, 0.4) is 0 Å². The zero-order valence-electron chi connectivity index (χ0n) is 19.5. The molecule has 0 fully saturated rings. The number of pyridine rings is 1. The highest BCUT2D eigenvalue weighted by Crippen LogP contribution is 2.36. The largest absolute Gasteiger partial charge is 0.416 e. The van der Waals surface area contributed by atoms with Gasteiger partial charge in [-0.2, -0.15) is 26.3 Å². The molecule has 3 rings (SSSR count). The number of halogens is 6. The number of nitrogens with one attached hydrogen (secondary N) is 2. The summed E-state index contributed by atoms with van der Waals surface area (Å²) in [6, 6.07) is 13.3. The number of benzene rings is 2. The van der Waals surface area contributed by atoms with E-state index in [9.17, 15) is 35.9 Å². The SMILES string of the molecule is O=C(CCc1cc[nH]c(=O)c1)NCC(COCc1cc(C(F)(F)F)cc(C(F)(F)F)c1)c1ccccc1. The maximum atomic E-state index is 13.1. The first-order chi connectivity index (χ1) is 17.4. The fourth-order valence-corrected chi connectivity index (χ4v) is 3.65. The number of carbonyl (C=O) groups is 1. The number of aromatic amines is 1. The molecule has 0 aliphatic carbocycles. The number of H-pyrrole nitrogens is 1. The molecule has 0 saturated carbocycles. The van der Waals surface area contributed by atoms with Crippen molar-refractivity contribution in [1.29, 1.82) is 0 Å². The van der Waals surface area contributed by atoms with Gasteiger partial charge in [0.1, 0.15) is 0 Å². The molecule has 0 aliphatic rings. The highest BCUT2D eigenvalue weighted by atomic mass is 19.4. The molecule has 198 valence electrons. The molecule has 1 unspecified atom stereocenters. The van der Waals surface area contributed by atoms with Crippen molar-refractivity contribution in [3.8, 4) is 0 Å². The number of aromatic nitrogens is 1. The molecule has 1 atom stereocenters. The zero-order chi connectivity index (χ0) is 27.1. The van der Waals surface area contributed by atoms with E-state index >= 15 is 0 Å². The Morgan fingerprint density at radius 1 is 0.892 bits per heavy atom. The summed E-state index contributed by atoms with van der Waals surface area (Å²) in [5, 5.41) is 2.77. The summed E-state index contributed by atoms with van der Waals surface area (Å²) in [4.78, 5) is 26.2. The van der Waals surface area contributed by atoms with Gasteiger partial charge in [-0.05, 0) is 47.4 Å². The van der Waals surface area contributed by atoms with Crippen LogP contribution in [0.1, 0.15) is 40.2 Å². The maximum Gasteiger partial charge on any atom is 0.416 e. The van der Waals surface area contributed by atoms with Crippen LogP contribution >= 0.6 is 0 Å². The summed E-state index contributed by atoms with van der Waals surface area (Å²) in [6.07, 6.45) is -7.93. The third kappa shape index (κ3) is 8.78. The Labute approximate surface area is 208 Å². The van der Waals surface area contributed by atoms with E-state index in [-0.39, 0.29) is 42.7 Å². The first kappa shape index (κ1) is 28.0. The smallest absolute Gasteiger partial charge is 0.376 e. The van der Waals surface area contributed by atoms with Crippen LogP contribution in [0.2, 0.25) is 0 Å². The maximum absolute atomic E-state index is 13.1. The predicted octanol–water partition coefficient (Wildman–Crippen LogP) is 5.46. The van der Waals surface area contributed by atoms with Gasteiger partial charge in [-0.15, -0.1) is 0 Å². The van der Waals surface area contributed by atoms with Gasteiger partial charge in [0.15, 0.2) is 0 Å². The lowest BCUT2D eigenvalue weighted by atomic mass is 9.99. The van der Waals surface area contributed by atoms with Crippen LogP contribution in [-0.2, 0) is 34.9 Å². The van der Waals surface area contributed by atoms with E-state index in [1.54, 1.807) is 36.4 Å². The Balaban J connectivity index is 1.64. The zero-order valence-corrected chi connectivity index (χ0v) is 19.5. The molecule has 1 heterocycles. The molecule has 3 aromatic rings. The predicted molar refractivity (Wildman–Crippen MR) is 124 cm³/mol. The molecular formula is C26H24F6N2O3. The lowest BCUT2D eigenvalue weighted by Crippen LogP contribution is -2.30. The highest BCUT2D eigenvalue weighted by Gasteiger charge is 2.36. The minimum Gasteiger partial charge on any atom is -0.376 e. The molecule has 0 spiro atoms. The van der Waals surface area contributed by atoms with Crippen molar-refractivity contribution in [2.24, 2.45) is 0 Å². The lowest BCUT2D eigenvalue weighted by Gasteiger charge is -2.19. The minimum absolute atomic E-state index is 0.0596. The fraction of sp³-hybridized carbons (Fsp3) is 0.308. The van der Waals surface area contributed by atoms with Gasteiger partial charge in [0.25, 0.3) is 0 Å². The van der Waals surface area contributed by atoms with Gasteiger partial charge in [-0.3, -0.25) is 9.59 Å². The summed E-state index contributed by atoms with van der Waals surface area (Å²) in [6.45, 7) is -0.405. The Bertz CT molecular complexity index is 1210. The van der Waals surface area contributed by atoms with Gasteiger partial charge in [0.05, 0.1) is 24.3 Å². The van der Waals surface area contributed by atoms with Crippen molar-refractivity contribution >= 4 is 5.91 Å². The highest BCUT2D eigenvalue weighted by molar-refractivity contribution is 5.76. The van der Waals surface area contributed by atoms with Crippen molar-refractivity contribution in [3.05, 3.63) is 105 Å². The second kappa shape index (κ2) is 12.1. The van der Waals surface area contributed by atoms with E-state index in [0.29, 0.717) is 24.1 Å². The summed E-state index contributed by atoms with van der Waals surface area (Å²) in [7, 11) is 0. The third-order valence-electron chi connectivity index (χ3n) is 5.53. The van der Waals surface area contributed by atoms with E-state index in [1.165, 1.54) is 12.3 Å². The number of hydrogen-bond donors (Lipinski definition) is 2. The number of aryl methyl sites for hydroxylation is 1. The van der Waals surface area contributed by atoms with E-state index in [2.05, 4.69) is 10.3 Å². The van der Waals surface area contributed by atoms with E-state index in [0.717, 1.165) is 5.56 Å². The van der Waals surface area contributed by atoms with Gasteiger partial charge < -0.3 is 15.0 Å². The average molecular weight is 526 g/mol. The van der Waals surface area contributed by atoms with Gasteiger partial charge in [0.2, 0.25) is 11.5 Å². The van der Waals surface area contributed by atoms with Crippen molar-refractivity contribution in [2.45, 2.75) is 37.7 Å². The molecule has 1 amide bonds. The molecular weight excluding hydrogens is 502 g/mol. The standard InChI is InChI=1S/C26H24F6N2O3/c27-25(28,29)21-10-18(11-22(13-21)26(30,31)32)15-37-16-20(19-4-2-1-3-5-19)14-34-23(35)7-6-17-8-9-33-24(36)12-17/h1-5,8-13,20H,6-7,14-16H2,(H,33,36)(H,34,35). The summed E-state index contributed by atoms with van der Waals surface area (Å²) in [5.74, 6) is -0.688. The molecule has 0 bridgehead atoms. The second-order valence-corrected chi connectivity index (χ2v) is 8.40. The quantitative estimate of drug-likeness (QED) is 0.345. The summed E-state index contributed by atoms with van der Waals surface area (Å²) in [5.41, 5.74) is -1.89. The Hall–Kier alpha value is -3.60. The van der Waals surface area contributed by atoms with Gasteiger partial charge in [-0.25, -0.2) is 0 Å². The van der Waals surface area contributed by atoms with Crippen LogP contribution in [0.25, 0.3) is 0 Å². The number of amides is 1. The van der Waals surface area contributed by atoms with Gasteiger partial charge >= 0.3 is 12.4 Å². The van der Waals surface area contributed by atoms with Crippen LogP contribution in [0.4, 0.5) is 26.3 Å². The molecule has 2 aromatic carbocycles. The summed E-state index contributed by atoms with van der Waals surface area (Å²) >= 11 is 0. The number of carbonyl (C=O) groups excluding carboxylic acids is 1. The molecule has 1 aromatic heterocycles. The normalized spacial score (nSPS) is 12.8. The van der Waals surface area contributed by atoms with Crippen LogP contribution < -0.4 is 10.9 Å². The topological polar surface area (TPSA) is 71.2 Å². The molecule has 2 N–H and O–H groups in total. The Morgan fingerprint density at radius 2 is 1.54 bits per heavy atom. The Morgan fingerprint density at radius 3 is 2.14 bits per heavy atom. The fourth-order valence-electron chi connectivity index (χ4n) is 3.65. The monoisotopic (exact) mass is 526 g/mol. The average Bonchev–Trinajstić information content (AvgIpc) is 2.84. The van der Waals surface area contributed by atoms with Crippen LogP contribution in [-0.4, -0.2) is 24.0 Å². The van der Waals surface area contributed by atoms with Crippen LogP contribution in [0.5, 0.6) is 0 Å². The molecule has 0 saturated heterocycles.